The summed E-state index contributed by atoms with van der Waals surface area (Å²) >= 11 is 0. The van der Waals surface area contributed by atoms with E-state index in [0.29, 0.717) is 35.8 Å². The third kappa shape index (κ3) is 4.43. The molecular weight excluding hydrogens is 482 g/mol. The van der Waals surface area contributed by atoms with E-state index in [2.05, 4.69) is 0 Å². The first-order valence-corrected chi connectivity index (χ1v) is 12.4. The summed E-state index contributed by atoms with van der Waals surface area (Å²) in [5.74, 6) is -1.08. The molecule has 0 spiro atoms. The van der Waals surface area contributed by atoms with Gasteiger partial charge in [-0.15, -0.1) is 0 Å². The monoisotopic (exact) mass is 509 g/mol. The molecule has 1 heterocycles. The molecule has 0 radical (unpaired) electrons. The van der Waals surface area contributed by atoms with Gasteiger partial charge in [-0.1, -0.05) is 42.5 Å². The zero-order chi connectivity index (χ0) is 26.8. The van der Waals surface area contributed by atoms with E-state index in [9.17, 15) is 19.8 Å². The summed E-state index contributed by atoms with van der Waals surface area (Å²) in [5.41, 5.74) is 1.33. The van der Waals surface area contributed by atoms with Crippen LogP contribution in [0.25, 0.3) is 16.5 Å². The van der Waals surface area contributed by atoms with E-state index >= 15 is 0 Å². The summed E-state index contributed by atoms with van der Waals surface area (Å²) in [6.07, 6.45) is 0. The third-order valence-corrected chi connectivity index (χ3v) is 6.49. The molecule has 0 saturated carbocycles. The van der Waals surface area contributed by atoms with Crippen molar-refractivity contribution in [3.8, 4) is 17.2 Å². The van der Waals surface area contributed by atoms with Crippen LogP contribution in [0.15, 0.2) is 90.5 Å². The average molecular weight is 510 g/mol. The lowest BCUT2D eigenvalue weighted by Gasteiger charge is -2.26. The first-order chi connectivity index (χ1) is 18.4. The molecule has 0 aliphatic carbocycles. The fourth-order valence-corrected chi connectivity index (χ4v) is 4.75. The molecule has 1 amide bonds. The maximum absolute atomic E-state index is 13.5. The van der Waals surface area contributed by atoms with E-state index in [-0.39, 0.29) is 22.8 Å². The largest absolute Gasteiger partial charge is 0.507 e. The maximum Gasteiger partial charge on any atom is 0.300 e. The van der Waals surface area contributed by atoms with Crippen LogP contribution in [0.2, 0.25) is 0 Å². The fourth-order valence-electron chi connectivity index (χ4n) is 4.75. The third-order valence-electron chi connectivity index (χ3n) is 6.49. The number of Topliss-reactive ketones (excluding diaryl/α,β-unsaturated/α-hetero) is 1. The van der Waals surface area contributed by atoms with Gasteiger partial charge in [0.1, 0.15) is 11.5 Å². The van der Waals surface area contributed by atoms with Gasteiger partial charge in [-0.2, -0.15) is 0 Å². The molecule has 4 aromatic carbocycles. The van der Waals surface area contributed by atoms with Crippen molar-refractivity contribution < 1.29 is 29.3 Å². The van der Waals surface area contributed by atoms with Gasteiger partial charge in [0.2, 0.25) is 0 Å². The van der Waals surface area contributed by atoms with Crippen LogP contribution in [0.3, 0.4) is 0 Å². The molecule has 5 rings (SSSR count). The molecule has 192 valence electrons. The second kappa shape index (κ2) is 10.3. The molecule has 1 saturated heterocycles. The van der Waals surface area contributed by atoms with Gasteiger partial charge in [-0.25, -0.2) is 0 Å². The van der Waals surface area contributed by atoms with Gasteiger partial charge in [0.25, 0.3) is 11.7 Å². The van der Waals surface area contributed by atoms with Gasteiger partial charge < -0.3 is 19.7 Å². The van der Waals surface area contributed by atoms with Gasteiger partial charge in [0.15, 0.2) is 11.5 Å². The van der Waals surface area contributed by atoms with Crippen LogP contribution in [-0.4, -0.2) is 35.1 Å². The Balaban J connectivity index is 1.70. The molecule has 1 unspecified atom stereocenters. The highest BCUT2D eigenvalue weighted by atomic mass is 16.5. The minimum atomic E-state index is -0.959. The van der Waals surface area contributed by atoms with Crippen molar-refractivity contribution >= 4 is 33.9 Å². The number of amides is 1. The zero-order valence-corrected chi connectivity index (χ0v) is 21.0. The molecule has 1 aliphatic rings. The van der Waals surface area contributed by atoms with E-state index in [1.165, 1.54) is 11.0 Å². The normalized spacial score (nSPS) is 16.7. The molecule has 4 aromatic rings. The number of nitrogens with zero attached hydrogens (tertiary/aromatic N) is 1. The lowest BCUT2D eigenvalue weighted by atomic mass is 9.94. The second-order valence-electron chi connectivity index (χ2n) is 8.82. The predicted molar refractivity (Wildman–Crippen MR) is 146 cm³/mol. The van der Waals surface area contributed by atoms with Crippen molar-refractivity contribution in [1.82, 2.24) is 0 Å². The van der Waals surface area contributed by atoms with Crippen molar-refractivity contribution in [2.75, 3.05) is 18.1 Å². The number of aliphatic hydroxyl groups is 1. The molecular formula is C31H27NO6. The lowest BCUT2D eigenvalue weighted by Crippen LogP contribution is -2.29. The van der Waals surface area contributed by atoms with Crippen LogP contribution in [0, 0.1) is 0 Å². The van der Waals surface area contributed by atoms with Crippen molar-refractivity contribution in [2.24, 2.45) is 0 Å². The van der Waals surface area contributed by atoms with Crippen molar-refractivity contribution in [3.05, 3.63) is 102 Å². The molecule has 7 heteroatoms. The van der Waals surface area contributed by atoms with Crippen LogP contribution in [0.5, 0.6) is 17.2 Å². The van der Waals surface area contributed by atoms with Gasteiger partial charge in [0, 0.05) is 11.3 Å². The minimum absolute atomic E-state index is 0.0488. The number of fused-ring (bicyclic) bond motifs is 1. The lowest BCUT2D eigenvalue weighted by molar-refractivity contribution is -0.132. The molecule has 2 N–H and O–H groups in total. The predicted octanol–water partition coefficient (Wildman–Crippen LogP) is 5.97. The summed E-state index contributed by atoms with van der Waals surface area (Å²) in [6.45, 7) is 4.47. The maximum atomic E-state index is 13.5. The van der Waals surface area contributed by atoms with Gasteiger partial charge in [-0.05, 0) is 72.6 Å². The number of ether oxygens (including phenoxy) is 2. The number of phenols is 1. The molecule has 1 fully saturated rings. The standard InChI is InChI=1S/C31H27NO6/c1-3-37-24-14-12-23(13-15-24)32-28(21-11-16-25(33)26(18-21)38-4-2)27(30(35)31(32)36)29(34)22-10-9-19-7-5-6-8-20(19)17-22/h5-18,28,33-34H,3-4H2,1-2H3/b29-27+. The van der Waals surface area contributed by atoms with E-state index < -0.39 is 17.7 Å². The number of aromatic hydroxyl groups is 1. The number of carbonyl (C=O) groups excluding carboxylic acids is 2. The molecule has 7 nitrogen and oxygen atoms in total. The Kier molecular flexibility index (Phi) is 6.75. The van der Waals surface area contributed by atoms with Gasteiger partial charge in [-0.3, -0.25) is 14.5 Å². The number of benzene rings is 4. The summed E-state index contributed by atoms with van der Waals surface area (Å²) in [7, 11) is 0. The Morgan fingerprint density at radius 2 is 1.55 bits per heavy atom. The average Bonchev–Trinajstić information content (AvgIpc) is 3.20. The number of aliphatic hydroxyl groups excluding tert-OH is 1. The number of phenolic OH excluding ortho intramolecular Hbond substituents is 1. The van der Waals surface area contributed by atoms with Gasteiger partial charge >= 0.3 is 0 Å². The Hall–Kier alpha value is -4.78. The van der Waals surface area contributed by atoms with Crippen LogP contribution >= 0.6 is 0 Å². The number of ketones is 1. The Bertz CT molecular complexity index is 1560. The fraction of sp³-hybridized carbons (Fsp3) is 0.161. The Labute approximate surface area is 220 Å². The molecule has 38 heavy (non-hydrogen) atoms. The first-order valence-electron chi connectivity index (χ1n) is 12.4. The highest BCUT2D eigenvalue weighted by molar-refractivity contribution is 6.51. The highest BCUT2D eigenvalue weighted by Gasteiger charge is 2.47. The molecule has 1 aliphatic heterocycles. The molecule has 0 bridgehead atoms. The summed E-state index contributed by atoms with van der Waals surface area (Å²) < 4.78 is 11.1. The van der Waals surface area contributed by atoms with Crippen LogP contribution in [0.4, 0.5) is 5.69 Å². The van der Waals surface area contributed by atoms with Crippen LogP contribution < -0.4 is 14.4 Å². The van der Waals surface area contributed by atoms with Crippen molar-refractivity contribution in [1.29, 1.82) is 0 Å². The number of carbonyl (C=O) groups is 2. The van der Waals surface area contributed by atoms with Crippen molar-refractivity contribution in [3.63, 3.8) is 0 Å². The summed E-state index contributed by atoms with van der Waals surface area (Å²) in [5, 5.41) is 23.6. The topological polar surface area (TPSA) is 96.3 Å². The number of rotatable bonds is 7. The highest BCUT2D eigenvalue weighted by Crippen LogP contribution is 2.44. The minimum Gasteiger partial charge on any atom is -0.507 e. The Morgan fingerprint density at radius 3 is 2.26 bits per heavy atom. The van der Waals surface area contributed by atoms with E-state index in [0.717, 1.165) is 10.8 Å². The first kappa shape index (κ1) is 24.9. The Morgan fingerprint density at radius 1 is 0.842 bits per heavy atom. The summed E-state index contributed by atoms with van der Waals surface area (Å²) in [6, 6.07) is 23.6. The second-order valence-corrected chi connectivity index (χ2v) is 8.82. The number of hydrogen-bond donors (Lipinski definition) is 2. The zero-order valence-electron chi connectivity index (χ0n) is 21.0. The molecule has 0 aromatic heterocycles. The summed E-state index contributed by atoms with van der Waals surface area (Å²) in [4.78, 5) is 28.3. The van der Waals surface area contributed by atoms with Crippen molar-refractivity contribution in [2.45, 2.75) is 19.9 Å². The number of anilines is 1. The van der Waals surface area contributed by atoms with E-state index in [1.807, 2.05) is 37.3 Å². The van der Waals surface area contributed by atoms with Crippen LogP contribution in [-0.2, 0) is 9.59 Å². The van der Waals surface area contributed by atoms with E-state index in [4.69, 9.17) is 9.47 Å². The smallest absolute Gasteiger partial charge is 0.300 e. The quantitative estimate of drug-likeness (QED) is 0.181. The van der Waals surface area contributed by atoms with E-state index in [1.54, 1.807) is 55.5 Å². The molecule has 1 atom stereocenters. The van der Waals surface area contributed by atoms with Crippen LogP contribution in [0.1, 0.15) is 31.0 Å². The SMILES string of the molecule is CCOc1ccc(N2C(=O)C(=O)/C(=C(/O)c3ccc4ccccc4c3)C2c2ccc(O)c(OCC)c2)cc1. The van der Waals surface area contributed by atoms with Gasteiger partial charge in [0.05, 0.1) is 24.8 Å². The number of hydrogen-bond acceptors (Lipinski definition) is 6.